The van der Waals surface area contributed by atoms with Crippen molar-refractivity contribution in [2.45, 2.75) is 50.7 Å². The van der Waals surface area contributed by atoms with Crippen molar-refractivity contribution >= 4 is 11.8 Å². The average molecular weight is 630 g/mol. The molecule has 0 aromatic carbocycles. The van der Waals surface area contributed by atoms with E-state index in [4.69, 9.17) is 9.47 Å². The molecule has 0 saturated carbocycles. The van der Waals surface area contributed by atoms with Crippen molar-refractivity contribution < 1.29 is 32.2 Å². The van der Waals surface area contributed by atoms with E-state index in [2.05, 4.69) is 25.9 Å². The van der Waals surface area contributed by atoms with Crippen LogP contribution < -0.4 is 20.7 Å². The van der Waals surface area contributed by atoms with Crippen LogP contribution in [-0.4, -0.2) is 90.1 Å². The number of dihydropyridines is 1. The lowest BCUT2D eigenvalue weighted by Crippen LogP contribution is -2.57. The fourth-order valence-corrected chi connectivity index (χ4v) is 5.99. The lowest BCUT2D eigenvalue weighted by molar-refractivity contribution is -0.141. The Morgan fingerprint density at radius 1 is 1.20 bits per heavy atom. The minimum absolute atomic E-state index is 0.0452. The quantitative estimate of drug-likeness (QED) is 0.385. The zero-order valence-corrected chi connectivity index (χ0v) is 25.5. The predicted molar refractivity (Wildman–Crippen MR) is 159 cm³/mol. The number of amides is 2. The van der Waals surface area contributed by atoms with Gasteiger partial charge in [0.1, 0.15) is 5.70 Å². The summed E-state index contributed by atoms with van der Waals surface area (Å²) in [4.78, 5) is 38.6. The Morgan fingerprint density at radius 3 is 2.67 bits per heavy atom. The van der Waals surface area contributed by atoms with E-state index in [1.165, 1.54) is 18.1 Å². The molecule has 242 valence electrons. The third-order valence-corrected chi connectivity index (χ3v) is 8.26. The molecule has 14 heteroatoms. The molecule has 2 fully saturated rings. The highest BCUT2D eigenvalue weighted by Crippen LogP contribution is 2.35. The molecule has 0 aliphatic carbocycles. The summed E-state index contributed by atoms with van der Waals surface area (Å²) in [5, 5.41) is 9.75. The van der Waals surface area contributed by atoms with Crippen LogP contribution in [-0.2, 0) is 21.4 Å². The summed E-state index contributed by atoms with van der Waals surface area (Å²) >= 11 is 0. The van der Waals surface area contributed by atoms with Gasteiger partial charge in [-0.15, -0.1) is 0 Å². The summed E-state index contributed by atoms with van der Waals surface area (Å²) < 4.78 is 52.7. The molecule has 3 N–H and O–H groups in total. The van der Waals surface area contributed by atoms with Crippen LogP contribution in [0.3, 0.4) is 0 Å². The number of halogens is 3. The van der Waals surface area contributed by atoms with E-state index in [0.29, 0.717) is 36.5 Å². The first-order chi connectivity index (χ1) is 21.6. The van der Waals surface area contributed by atoms with E-state index in [-0.39, 0.29) is 43.5 Å². The van der Waals surface area contributed by atoms with E-state index in [1.807, 2.05) is 37.0 Å². The summed E-state index contributed by atoms with van der Waals surface area (Å²) in [5.74, 6) is -1.30. The number of nitrogens with one attached hydrogen (secondary N) is 3. The van der Waals surface area contributed by atoms with Crippen molar-refractivity contribution in [2.24, 2.45) is 0 Å². The Kier molecular flexibility index (Phi) is 9.63. The van der Waals surface area contributed by atoms with Crippen molar-refractivity contribution in [3.05, 3.63) is 77.0 Å². The van der Waals surface area contributed by atoms with E-state index in [0.717, 1.165) is 19.0 Å². The molecular weight excluding hydrogens is 591 g/mol. The SMILES string of the molecule is CCOC1(c2cccnc2)C=CC(N2CCN(C(=O)c3ccc(OC)nc3C(F)(F)F)C[C@H]2CC)=C(C(=O)N[C@@H]2CCNC2)N1. The van der Waals surface area contributed by atoms with Gasteiger partial charge < -0.3 is 35.2 Å². The summed E-state index contributed by atoms with van der Waals surface area (Å²) in [5.41, 5.74) is -1.34. The molecule has 0 radical (unpaired) electrons. The van der Waals surface area contributed by atoms with Crippen LogP contribution in [0.4, 0.5) is 13.2 Å². The summed E-state index contributed by atoms with van der Waals surface area (Å²) in [6.07, 6.45) is 3.54. The van der Waals surface area contributed by atoms with Gasteiger partial charge in [-0.25, -0.2) is 4.98 Å². The lowest BCUT2D eigenvalue weighted by Gasteiger charge is -2.46. The second kappa shape index (κ2) is 13.4. The number of nitrogens with zero attached hydrogens (tertiary/aromatic N) is 4. The Bertz CT molecular complexity index is 1450. The number of carbonyl (C=O) groups excluding carboxylic acids is 2. The molecule has 0 bridgehead atoms. The minimum atomic E-state index is -4.84. The molecule has 1 unspecified atom stereocenters. The number of rotatable bonds is 9. The topological polar surface area (TPSA) is 121 Å². The van der Waals surface area contributed by atoms with Crippen LogP contribution in [0.1, 0.15) is 48.3 Å². The molecule has 2 saturated heterocycles. The van der Waals surface area contributed by atoms with Crippen molar-refractivity contribution in [3.8, 4) is 5.88 Å². The highest BCUT2D eigenvalue weighted by Gasteiger charge is 2.42. The lowest BCUT2D eigenvalue weighted by atomic mass is 9.97. The zero-order valence-electron chi connectivity index (χ0n) is 25.5. The predicted octanol–water partition coefficient (Wildman–Crippen LogP) is 2.78. The standard InChI is InChI=1S/C31H38F3N7O4/c1-4-22-19-40(29(43)23-8-9-25(44-3)38-27(23)31(32,33)34)15-16-41(22)24-10-12-30(45-5-2,20-7-6-13-35-17-20)39-26(24)28(42)37-21-11-14-36-18-21/h6-10,12-13,17,21-22,36,39H,4-5,11,14-16,18-19H2,1-3H3,(H,37,42)/t21-,22-,30?/m1/s1. The molecule has 3 atom stereocenters. The third-order valence-electron chi connectivity index (χ3n) is 8.26. The van der Waals surface area contributed by atoms with Crippen LogP contribution in [0.2, 0.25) is 0 Å². The largest absolute Gasteiger partial charge is 0.481 e. The number of pyridine rings is 2. The number of hydrogen-bond donors (Lipinski definition) is 3. The number of carbonyl (C=O) groups is 2. The van der Waals surface area contributed by atoms with Gasteiger partial charge in [0.15, 0.2) is 11.4 Å². The van der Waals surface area contributed by atoms with Crippen molar-refractivity contribution in [3.63, 3.8) is 0 Å². The van der Waals surface area contributed by atoms with Crippen LogP contribution in [0.25, 0.3) is 0 Å². The van der Waals surface area contributed by atoms with Gasteiger partial charge in [0.05, 0.1) is 18.4 Å². The fraction of sp³-hybridized carbons (Fsp3) is 0.484. The highest BCUT2D eigenvalue weighted by atomic mass is 19.4. The van der Waals surface area contributed by atoms with Crippen molar-refractivity contribution in [1.82, 2.24) is 35.7 Å². The summed E-state index contributed by atoms with van der Waals surface area (Å²) in [6, 6.07) is 5.67. The maximum atomic E-state index is 13.9. The first kappa shape index (κ1) is 32.2. The Morgan fingerprint density at radius 2 is 2.02 bits per heavy atom. The fourth-order valence-electron chi connectivity index (χ4n) is 5.99. The van der Waals surface area contributed by atoms with Crippen LogP contribution >= 0.6 is 0 Å². The van der Waals surface area contributed by atoms with E-state index in [1.54, 1.807) is 18.5 Å². The number of alkyl halides is 3. The van der Waals surface area contributed by atoms with Crippen LogP contribution in [0.15, 0.2) is 60.2 Å². The highest BCUT2D eigenvalue weighted by molar-refractivity contribution is 5.96. The van der Waals surface area contributed by atoms with Gasteiger partial charge in [-0.05, 0) is 50.6 Å². The van der Waals surface area contributed by atoms with Crippen molar-refractivity contribution in [2.75, 3.05) is 46.4 Å². The van der Waals surface area contributed by atoms with Crippen LogP contribution in [0.5, 0.6) is 5.88 Å². The van der Waals surface area contributed by atoms with E-state index < -0.39 is 29.1 Å². The molecular formula is C31H38F3N7O4. The molecule has 5 heterocycles. The smallest absolute Gasteiger partial charge is 0.434 e. The Balaban J connectivity index is 1.46. The molecule has 45 heavy (non-hydrogen) atoms. The normalized spacial score (nSPS) is 23.6. The molecule has 11 nitrogen and oxygen atoms in total. The third kappa shape index (κ3) is 6.76. The van der Waals surface area contributed by atoms with Gasteiger partial charge in [0.2, 0.25) is 5.88 Å². The second-order valence-electron chi connectivity index (χ2n) is 11.0. The average Bonchev–Trinajstić information content (AvgIpc) is 3.57. The first-order valence-electron chi connectivity index (χ1n) is 15.1. The first-order valence-corrected chi connectivity index (χ1v) is 15.1. The van der Waals surface area contributed by atoms with E-state index >= 15 is 0 Å². The van der Waals surface area contributed by atoms with Crippen molar-refractivity contribution in [1.29, 1.82) is 0 Å². The van der Waals surface area contributed by atoms with E-state index in [9.17, 15) is 22.8 Å². The monoisotopic (exact) mass is 629 g/mol. The Labute approximate surface area is 259 Å². The van der Waals surface area contributed by atoms with Gasteiger partial charge >= 0.3 is 6.18 Å². The number of hydrogen-bond acceptors (Lipinski definition) is 9. The molecule has 5 rings (SSSR count). The number of methoxy groups -OCH3 is 1. The zero-order chi connectivity index (χ0) is 32.2. The molecule has 3 aliphatic rings. The molecule has 2 aromatic heterocycles. The molecule has 2 aromatic rings. The number of piperazine rings is 1. The maximum absolute atomic E-state index is 13.9. The maximum Gasteiger partial charge on any atom is 0.434 e. The Hall–Kier alpha value is -4.17. The molecule has 0 spiro atoms. The number of aromatic nitrogens is 2. The number of allylic oxidation sites excluding steroid dienone is 1. The molecule has 2 amide bonds. The number of ether oxygens (including phenoxy) is 2. The summed E-state index contributed by atoms with van der Waals surface area (Å²) in [7, 11) is 1.21. The van der Waals surface area contributed by atoms with Gasteiger partial charge in [-0.2, -0.15) is 13.2 Å². The summed E-state index contributed by atoms with van der Waals surface area (Å²) in [6.45, 7) is 6.18. The second-order valence-corrected chi connectivity index (χ2v) is 11.0. The van der Waals surface area contributed by atoms with Crippen LogP contribution in [0, 0.1) is 0 Å². The molecule has 3 aliphatic heterocycles. The van der Waals surface area contributed by atoms with Gasteiger partial charge in [0, 0.05) is 68.9 Å². The van der Waals surface area contributed by atoms with Gasteiger partial charge in [-0.3, -0.25) is 14.6 Å². The van der Waals surface area contributed by atoms with Gasteiger partial charge in [-0.1, -0.05) is 13.0 Å². The minimum Gasteiger partial charge on any atom is -0.481 e. The van der Waals surface area contributed by atoms with Gasteiger partial charge in [0.25, 0.3) is 11.8 Å².